The Morgan fingerprint density at radius 3 is 2.53 bits per heavy atom. The first-order valence-electron chi connectivity index (χ1n) is 6.22. The SMILES string of the molecule is C/C1=C/CCC(O[Si](C)(C)C)C(C)CC1. The fraction of sp³-hybridized carbons (Fsp3) is 0.846. The number of allylic oxidation sites excluding steroid dienone is 2. The molecule has 0 spiro atoms. The predicted molar refractivity (Wildman–Crippen MR) is 69.6 cm³/mol. The maximum absolute atomic E-state index is 6.27. The molecular formula is C13H26OSi. The molecule has 15 heavy (non-hydrogen) atoms. The topological polar surface area (TPSA) is 9.23 Å². The van der Waals surface area contributed by atoms with Crippen molar-refractivity contribution in [3.05, 3.63) is 11.6 Å². The highest BCUT2D eigenvalue weighted by atomic mass is 28.4. The lowest BCUT2D eigenvalue weighted by molar-refractivity contribution is 0.120. The van der Waals surface area contributed by atoms with Gasteiger partial charge in [0.2, 0.25) is 0 Å². The summed E-state index contributed by atoms with van der Waals surface area (Å²) in [6, 6.07) is 0. The third-order valence-corrected chi connectivity index (χ3v) is 4.09. The van der Waals surface area contributed by atoms with E-state index in [0.717, 1.165) is 5.92 Å². The Morgan fingerprint density at radius 1 is 1.27 bits per heavy atom. The molecule has 1 nitrogen and oxygen atoms in total. The van der Waals surface area contributed by atoms with Crippen molar-refractivity contribution in [1.29, 1.82) is 0 Å². The van der Waals surface area contributed by atoms with Crippen LogP contribution in [-0.4, -0.2) is 14.4 Å². The van der Waals surface area contributed by atoms with Gasteiger partial charge < -0.3 is 4.43 Å². The van der Waals surface area contributed by atoms with E-state index in [1.54, 1.807) is 5.57 Å². The second-order valence-corrected chi connectivity index (χ2v) is 10.4. The third-order valence-electron chi connectivity index (χ3n) is 3.08. The van der Waals surface area contributed by atoms with E-state index in [-0.39, 0.29) is 0 Å². The lowest BCUT2D eigenvalue weighted by Gasteiger charge is -2.32. The Hall–Kier alpha value is -0.0831. The van der Waals surface area contributed by atoms with E-state index in [2.05, 4.69) is 39.6 Å². The molecule has 1 aliphatic carbocycles. The minimum Gasteiger partial charge on any atom is -0.414 e. The maximum Gasteiger partial charge on any atom is 0.184 e. The molecule has 0 saturated heterocycles. The van der Waals surface area contributed by atoms with E-state index in [4.69, 9.17) is 4.43 Å². The van der Waals surface area contributed by atoms with Gasteiger partial charge in [0.15, 0.2) is 8.32 Å². The lowest BCUT2D eigenvalue weighted by atomic mass is 9.90. The molecule has 2 atom stereocenters. The smallest absolute Gasteiger partial charge is 0.184 e. The van der Waals surface area contributed by atoms with Gasteiger partial charge in [-0.1, -0.05) is 18.6 Å². The zero-order valence-electron chi connectivity index (χ0n) is 11.0. The lowest BCUT2D eigenvalue weighted by Crippen LogP contribution is -2.35. The molecule has 0 aromatic heterocycles. The van der Waals surface area contributed by atoms with Crippen LogP contribution in [0.5, 0.6) is 0 Å². The van der Waals surface area contributed by atoms with Crippen LogP contribution >= 0.6 is 0 Å². The molecule has 0 aliphatic heterocycles. The minimum absolute atomic E-state index is 0.501. The van der Waals surface area contributed by atoms with E-state index in [9.17, 15) is 0 Å². The zero-order valence-corrected chi connectivity index (χ0v) is 12.0. The average Bonchev–Trinajstić information content (AvgIpc) is 2.08. The van der Waals surface area contributed by atoms with E-state index in [1.807, 2.05) is 0 Å². The molecule has 0 bridgehead atoms. The van der Waals surface area contributed by atoms with Crippen molar-refractivity contribution < 1.29 is 4.43 Å². The molecular weight excluding hydrogens is 200 g/mol. The summed E-state index contributed by atoms with van der Waals surface area (Å²) in [5, 5.41) is 0. The first kappa shape index (κ1) is 13.0. The van der Waals surface area contributed by atoms with Gasteiger partial charge in [0.1, 0.15) is 0 Å². The van der Waals surface area contributed by atoms with Crippen LogP contribution in [0, 0.1) is 5.92 Å². The highest BCUT2D eigenvalue weighted by Gasteiger charge is 2.25. The van der Waals surface area contributed by atoms with Gasteiger partial charge in [-0.3, -0.25) is 0 Å². The largest absolute Gasteiger partial charge is 0.414 e. The number of hydrogen-bond donors (Lipinski definition) is 0. The van der Waals surface area contributed by atoms with E-state index >= 15 is 0 Å². The molecule has 1 rings (SSSR count). The van der Waals surface area contributed by atoms with Gasteiger partial charge in [-0.2, -0.15) is 0 Å². The van der Waals surface area contributed by atoms with Gasteiger partial charge in [0.05, 0.1) is 0 Å². The van der Waals surface area contributed by atoms with Crippen molar-refractivity contribution in [2.75, 3.05) is 0 Å². The molecule has 0 saturated carbocycles. The highest BCUT2D eigenvalue weighted by Crippen LogP contribution is 2.26. The quantitative estimate of drug-likeness (QED) is 0.502. The zero-order chi connectivity index (χ0) is 11.5. The summed E-state index contributed by atoms with van der Waals surface area (Å²) >= 11 is 0. The fourth-order valence-electron chi connectivity index (χ4n) is 2.15. The van der Waals surface area contributed by atoms with Crippen LogP contribution in [0.4, 0.5) is 0 Å². The van der Waals surface area contributed by atoms with Crippen molar-refractivity contribution >= 4 is 8.32 Å². The Kier molecular flexibility index (Phi) is 4.59. The van der Waals surface area contributed by atoms with Gasteiger partial charge >= 0.3 is 0 Å². The summed E-state index contributed by atoms with van der Waals surface area (Å²) < 4.78 is 6.27. The molecule has 0 aromatic rings. The van der Waals surface area contributed by atoms with Crippen molar-refractivity contribution in [3.63, 3.8) is 0 Å². The van der Waals surface area contributed by atoms with Gasteiger partial charge in [-0.05, 0) is 58.2 Å². The monoisotopic (exact) mass is 226 g/mol. The van der Waals surface area contributed by atoms with Gasteiger partial charge in [0.25, 0.3) is 0 Å². The minimum atomic E-state index is -1.36. The van der Waals surface area contributed by atoms with E-state index in [1.165, 1.54) is 25.7 Å². The molecule has 0 aromatic carbocycles. The third kappa shape index (κ3) is 4.98. The number of hydrogen-bond acceptors (Lipinski definition) is 1. The molecule has 0 amide bonds. The summed E-state index contributed by atoms with van der Waals surface area (Å²) in [5.74, 6) is 0.723. The molecule has 0 fully saturated rings. The Morgan fingerprint density at radius 2 is 1.93 bits per heavy atom. The Labute approximate surface area is 96.0 Å². The maximum atomic E-state index is 6.27. The van der Waals surface area contributed by atoms with Gasteiger partial charge in [-0.25, -0.2) is 0 Å². The van der Waals surface area contributed by atoms with Crippen LogP contribution in [0.2, 0.25) is 19.6 Å². The van der Waals surface area contributed by atoms with E-state index in [0.29, 0.717) is 6.10 Å². The molecule has 0 heterocycles. The summed E-state index contributed by atoms with van der Waals surface area (Å²) in [5.41, 5.74) is 1.56. The Bertz CT molecular complexity index is 227. The standard InChI is InChI=1S/C13H26OSi/c1-11-7-6-8-13(12(2)10-9-11)14-15(3,4)5/h7,12-13H,6,8-10H2,1-5H3/b11-7-. The number of rotatable bonds is 2. The van der Waals surface area contributed by atoms with Crippen LogP contribution < -0.4 is 0 Å². The van der Waals surface area contributed by atoms with Crippen LogP contribution in [0.1, 0.15) is 39.5 Å². The van der Waals surface area contributed by atoms with Crippen LogP contribution in [-0.2, 0) is 4.43 Å². The molecule has 0 N–H and O–H groups in total. The van der Waals surface area contributed by atoms with E-state index < -0.39 is 8.32 Å². The summed E-state index contributed by atoms with van der Waals surface area (Å²) in [6.07, 6.45) is 7.85. The summed E-state index contributed by atoms with van der Waals surface area (Å²) in [6.45, 7) is 11.5. The van der Waals surface area contributed by atoms with Crippen molar-refractivity contribution in [3.8, 4) is 0 Å². The normalized spacial score (nSPS) is 32.7. The molecule has 1 aliphatic rings. The molecule has 0 radical (unpaired) electrons. The first-order valence-corrected chi connectivity index (χ1v) is 9.63. The molecule has 2 heteroatoms. The second kappa shape index (κ2) is 5.31. The Balaban J connectivity index is 2.57. The van der Waals surface area contributed by atoms with Crippen LogP contribution in [0.25, 0.3) is 0 Å². The fourth-order valence-corrected chi connectivity index (χ4v) is 3.41. The van der Waals surface area contributed by atoms with Gasteiger partial charge in [0, 0.05) is 6.10 Å². The predicted octanol–water partition coefficient (Wildman–Crippen LogP) is 4.36. The van der Waals surface area contributed by atoms with Crippen LogP contribution in [0.15, 0.2) is 11.6 Å². The summed E-state index contributed by atoms with van der Waals surface area (Å²) in [7, 11) is -1.36. The highest BCUT2D eigenvalue weighted by molar-refractivity contribution is 6.69. The first-order chi connectivity index (χ1) is 6.88. The average molecular weight is 226 g/mol. The van der Waals surface area contributed by atoms with Crippen molar-refractivity contribution in [2.24, 2.45) is 5.92 Å². The van der Waals surface area contributed by atoms with Gasteiger partial charge in [-0.15, -0.1) is 0 Å². The second-order valence-electron chi connectivity index (χ2n) is 5.91. The molecule has 88 valence electrons. The molecule has 2 unspecified atom stereocenters. The van der Waals surface area contributed by atoms with Crippen LogP contribution in [0.3, 0.4) is 0 Å². The van der Waals surface area contributed by atoms with Crippen molar-refractivity contribution in [1.82, 2.24) is 0 Å². The van der Waals surface area contributed by atoms with Crippen molar-refractivity contribution in [2.45, 2.75) is 65.3 Å². The summed E-state index contributed by atoms with van der Waals surface area (Å²) in [4.78, 5) is 0.